The van der Waals surface area contributed by atoms with E-state index in [2.05, 4.69) is 0 Å². The molecule has 12 heavy (non-hydrogen) atoms. The summed E-state index contributed by atoms with van der Waals surface area (Å²) < 4.78 is 12.5. The van der Waals surface area contributed by atoms with Crippen LogP contribution in [0.5, 0.6) is 0 Å². The Kier molecular flexibility index (Phi) is 2.58. The van der Waals surface area contributed by atoms with E-state index in [1.807, 2.05) is 0 Å². The van der Waals surface area contributed by atoms with Crippen LogP contribution in [0.2, 0.25) is 0 Å². The van der Waals surface area contributed by atoms with Gasteiger partial charge in [-0.15, -0.1) is 0 Å². The lowest BCUT2D eigenvalue weighted by Crippen LogP contribution is -1.94. The Labute approximate surface area is 69.0 Å². The topological polar surface area (TPSA) is 37.3 Å². The monoisotopic (exact) mass is 166 g/mol. The first-order valence-electron chi connectivity index (χ1n) is 3.34. The lowest BCUT2D eigenvalue weighted by atomic mass is 10.1. The van der Waals surface area contributed by atoms with Gasteiger partial charge < -0.3 is 5.11 Å². The molecular formula is C9H7FO2. The number of carbonyl (C=O) groups excluding carboxylic acids is 1. The van der Waals surface area contributed by atoms with Crippen molar-refractivity contribution in [2.45, 2.75) is 0 Å². The minimum atomic E-state index is -0.466. The Balaban J connectivity index is 2.96. The largest absolute Gasteiger partial charge is 0.515 e. The van der Waals surface area contributed by atoms with Gasteiger partial charge in [-0.25, -0.2) is 4.39 Å². The molecule has 0 aliphatic carbocycles. The Morgan fingerprint density at radius 3 is 2.83 bits per heavy atom. The molecule has 1 aromatic carbocycles. The summed E-state index contributed by atoms with van der Waals surface area (Å²) in [5.74, 6) is -0.885. The van der Waals surface area contributed by atoms with Crippen LogP contribution < -0.4 is 0 Å². The van der Waals surface area contributed by atoms with Crippen molar-refractivity contribution in [2.24, 2.45) is 0 Å². The van der Waals surface area contributed by atoms with E-state index >= 15 is 0 Å². The molecular weight excluding hydrogens is 159 g/mol. The van der Waals surface area contributed by atoms with E-state index in [0.717, 1.165) is 12.1 Å². The summed E-state index contributed by atoms with van der Waals surface area (Å²) in [4.78, 5) is 11.0. The van der Waals surface area contributed by atoms with Crippen LogP contribution in [0.15, 0.2) is 36.6 Å². The molecule has 1 aromatic rings. The maximum Gasteiger partial charge on any atom is 0.188 e. The summed E-state index contributed by atoms with van der Waals surface area (Å²) in [6.07, 6.45) is 1.60. The van der Waals surface area contributed by atoms with E-state index < -0.39 is 11.6 Å². The maximum absolute atomic E-state index is 12.5. The van der Waals surface area contributed by atoms with E-state index in [4.69, 9.17) is 5.11 Å². The number of aliphatic hydroxyl groups excluding tert-OH is 1. The maximum atomic E-state index is 12.5. The van der Waals surface area contributed by atoms with Crippen molar-refractivity contribution in [1.29, 1.82) is 0 Å². The first-order chi connectivity index (χ1) is 5.74. The highest BCUT2D eigenvalue weighted by atomic mass is 19.1. The number of carbonyl (C=O) groups is 1. The average Bonchev–Trinajstić information content (AvgIpc) is 2.05. The number of aliphatic hydroxyl groups is 1. The molecule has 0 heterocycles. The molecule has 0 unspecified atom stereocenters. The van der Waals surface area contributed by atoms with Gasteiger partial charge in [0.1, 0.15) is 5.82 Å². The van der Waals surface area contributed by atoms with Crippen molar-refractivity contribution in [1.82, 2.24) is 0 Å². The first-order valence-corrected chi connectivity index (χ1v) is 3.34. The minimum Gasteiger partial charge on any atom is -0.515 e. The number of hydrogen-bond donors (Lipinski definition) is 1. The van der Waals surface area contributed by atoms with Crippen LogP contribution in [0, 0.1) is 5.82 Å². The molecule has 0 spiro atoms. The molecule has 0 saturated heterocycles. The Morgan fingerprint density at radius 1 is 1.50 bits per heavy atom. The highest BCUT2D eigenvalue weighted by molar-refractivity contribution is 6.04. The highest BCUT2D eigenvalue weighted by Crippen LogP contribution is 2.04. The van der Waals surface area contributed by atoms with Gasteiger partial charge in [-0.3, -0.25) is 4.79 Å². The normalized spacial score (nSPS) is 10.4. The summed E-state index contributed by atoms with van der Waals surface area (Å²) in [5, 5.41) is 8.27. The quantitative estimate of drug-likeness (QED) is 0.415. The fraction of sp³-hybridized carbons (Fsp3) is 0. The summed E-state index contributed by atoms with van der Waals surface area (Å²) in [6, 6.07) is 5.28. The molecule has 0 atom stereocenters. The number of rotatable bonds is 2. The smallest absolute Gasteiger partial charge is 0.188 e. The van der Waals surface area contributed by atoms with Gasteiger partial charge in [0.2, 0.25) is 0 Å². The molecule has 1 rings (SSSR count). The Bertz CT molecular complexity index is 318. The molecule has 0 bridgehead atoms. The first kappa shape index (κ1) is 8.46. The SMILES string of the molecule is O=C(/C=C/O)c1cccc(F)c1. The van der Waals surface area contributed by atoms with Crippen molar-refractivity contribution in [3.63, 3.8) is 0 Å². The molecule has 0 aliphatic rings. The van der Waals surface area contributed by atoms with Crippen LogP contribution in [0.3, 0.4) is 0 Å². The van der Waals surface area contributed by atoms with Crippen molar-refractivity contribution >= 4 is 5.78 Å². The second-order valence-corrected chi connectivity index (χ2v) is 2.19. The average molecular weight is 166 g/mol. The van der Waals surface area contributed by atoms with E-state index in [1.54, 1.807) is 0 Å². The predicted molar refractivity (Wildman–Crippen MR) is 42.5 cm³/mol. The molecule has 0 fully saturated rings. The van der Waals surface area contributed by atoms with Crippen molar-refractivity contribution in [3.05, 3.63) is 48.0 Å². The fourth-order valence-corrected chi connectivity index (χ4v) is 0.806. The lowest BCUT2D eigenvalue weighted by molar-refractivity contribution is 0.104. The van der Waals surface area contributed by atoms with Gasteiger partial charge in [0.05, 0.1) is 6.26 Å². The van der Waals surface area contributed by atoms with Crippen LogP contribution >= 0.6 is 0 Å². The second-order valence-electron chi connectivity index (χ2n) is 2.19. The molecule has 2 nitrogen and oxygen atoms in total. The molecule has 1 N–H and O–H groups in total. The van der Waals surface area contributed by atoms with Crippen LogP contribution in [0.25, 0.3) is 0 Å². The van der Waals surface area contributed by atoms with Crippen LogP contribution in [0.1, 0.15) is 10.4 Å². The fourth-order valence-electron chi connectivity index (χ4n) is 0.806. The van der Waals surface area contributed by atoms with Crippen LogP contribution in [-0.4, -0.2) is 10.9 Å². The van der Waals surface area contributed by atoms with Crippen molar-refractivity contribution < 1.29 is 14.3 Å². The third-order valence-corrected chi connectivity index (χ3v) is 1.34. The van der Waals surface area contributed by atoms with Crippen molar-refractivity contribution in [3.8, 4) is 0 Å². The lowest BCUT2D eigenvalue weighted by Gasteiger charge is -1.93. The zero-order chi connectivity index (χ0) is 8.97. The Hall–Kier alpha value is -1.64. The van der Waals surface area contributed by atoms with E-state index in [-0.39, 0.29) is 5.56 Å². The molecule has 3 heteroatoms. The second kappa shape index (κ2) is 3.67. The Morgan fingerprint density at radius 2 is 2.25 bits per heavy atom. The summed E-state index contributed by atoms with van der Waals surface area (Å²) in [5.41, 5.74) is 0.223. The zero-order valence-electron chi connectivity index (χ0n) is 6.20. The number of hydrogen-bond acceptors (Lipinski definition) is 2. The molecule has 0 saturated carbocycles. The molecule has 0 aromatic heterocycles. The van der Waals surface area contributed by atoms with Gasteiger partial charge >= 0.3 is 0 Å². The van der Waals surface area contributed by atoms with E-state index in [0.29, 0.717) is 6.26 Å². The van der Waals surface area contributed by atoms with Crippen molar-refractivity contribution in [2.75, 3.05) is 0 Å². The summed E-state index contributed by atoms with van der Waals surface area (Å²) >= 11 is 0. The number of benzene rings is 1. The summed E-state index contributed by atoms with van der Waals surface area (Å²) in [7, 11) is 0. The standard InChI is InChI=1S/C9H7FO2/c10-8-3-1-2-7(6-8)9(12)4-5-11/h1-6,11H/b5-4+. The van der Waals surface area contributed by atoms with Gasteiger partial charge in [-0.1, -0.05) is 12.1 Å². The van der Waals surface area contributed by atoms with Gasteiger partial charge in [-0.2, -0.15) is 0 Å². The minimum absolute atomic E-state index is 0.223. The van der Waals surface area contributed by atoms with E-state index in [9.17, 15) is 9.18 Å². The molecule has 0 aliphatic heterocycles. The van der Waals surface area contributed by atoms with Gasteiger partial charge in [0.25, 0.3) is 0 Å². The third-order valence-electron chi connectivity index (χ3n) is 1.34. The van der Waals surface area contributed by atoms with Crippen LogP contribution in [-0.2, 0) is 0 Å². The summed E-state index contributed by atoms with van der Waals surface area (Å²) in [6.45, 7) is 0. The van der Waals surface area contributed by atoms with Crippen LogP contribution in [0.4, 0.5) is 4.39 Å². The van der Waals surface area contributed by atoms with Gasteiger partial charge in [0.15, 0.2) is 5.78 Å². The van der Waals surface area contributed by atoms with Gasteiger partial charge in [-0.05, 0) is 12.1 Å². The predicted octanol–water partition coefficient (Wildman–Crippen LogP) is 2.08. The molecule has 0 amide bonds. The molecule has 62 valence electrons. The molecule has 0 radical (unpaired) electrons. The van der Waals surface area contributed by atoms with E-state index in [1.165, 1.54) is 18.2 Å². The third kappa shape index (κ3) is 1.92. The number of halogens is 1. The van der Waals surface area contributed by atoms with Gasteiger partial charge in [0, 0.05) is 11.6 Å². The zero-order valence-corrected chi connectivity index (χ0v) is 6.20. The number of ketones is 1. The highest BCUT2D eigenvalue weighted by Gasteiger charge is 2.01. The number of allylic oxidation sites excluding steroid dienone is 1.